The SMILES string of the molecule is O=[N+]([O-])c1ccc(CNc2cccc(-n3ccnc3)c2)o1. The molecule has 3 aromatic rings. The van der Waals surface area contributed by atoms with Crippen LogP contribution in [0.1, 0.15) is 5.76 Å². The van der Waals surface area contributed by atoms with Crippen molar-refractivity contribution in [2.75, 3.05) is 5.32 Å². The fourth-order valence-electron chi connectivity index (χ4n) is 1.94. The number of nitrogens with one attached hydrogen (secondary N) is 1. The van der Waals surface area contributed by atoms with Crippen LogP contribution in [0.15, 0.2) is 59.5 Å². The summed E-state index contributed by atoms with van der Waals surface area (Å²) in [7, 11) is 0. The van der Waals surface area contributed by atoms with E-state index in [1.807, 2.05) is 35.0 Å². The van der Waals surface area contributed by atoms with Crippen LogP contribution in [0.25, 0.3) is 5.69 Å². The molecule has 0 bridgehead atoms. The number of furan rings is 1. The molecule has 106 valence electrons. The molecular formula is C14H12N4O3. The molecule has 0 unspecified atom stereocenters. The lowest BCUT2D eigenvalue weighted by Gasteiger charge is -2.07. The van der Waals surface area contributed by atoms with Gasteiger partial charge < -0.3 is 14.3 Å². The molecule has 0 aliphatic rings. The topological polar surface area (TPSA) is 86.1 Å². The molecule has 0 amide bonds. The zero-order valence-electron chi connectivity index (χ0n) is 11.0. The van der Waals surface area contributed by atoms with Crippen molar-refractivity contribution in [2.45, 2.75) is 6.54 Å². The van der Waals surface area contributed by atoms with Crippen LogP contribution in [0.2, 0.25) is 0 Å². The van der Waals surface area contributed by atoms with E-state index in [1.165, 1.54) is 6.07 Å². The molecule has 0 aliphatic heterocycles. The van der Waals surface area contributed by atoms with Crippen LogP contribution in [-0.2, 0) is 6.54 Å². The third-order valence-corrected chi connectivity index (χ3v) is 2.94. The van der Waals surface area contributed by atoms with Gasteiger partial charge in [-0.3, -0.25) is 10.1 Å². The first kappa shape index (κ1) is 12.9. The van der Waals surface area contributed by atoms with E-state index in [1.54, 1.807) is 18.6 Å². The summed E-state index contributed by atoms with van der Waals surface area (Å²) in [6, 6.07) is 10.7. The molecule has 0 radical (unpaired) electrons. The third-order valence-electron chi connectivity index (χ3n) is 2.94. The van der Waals surface area contributed by atoms with Gasteiger partial charge in [0.15, 0.2) is 0 Å². The molecule has 2 heterocycles. The zero-order valence-corrected chi connectivity index (χ0v) is 11.0. The highest BCUT2D eigenvalue weighted by molar-refractivity contribution is 5.51. The van der Waals surface area contributed by atoms with Crippen LogP contribution < -0.4 is 5.32 Å². The number of benzene rings is 1. The van der Waals surface area contributed by atoms with Crippen molar-refractivity contribution in [3.05, 3.63) is 71.0 Å². The Morgan fingerprint density at radius 3 is 2.95 bits per heavy atom. The Hall–Kier alpha value is -3.09. The molecule has 0 saturated carbocycles. The first-order chi connectivity index (χ1) is 10.2. The summed E-state index contributed by atoms with van der Waals surface area (Å²) in [5, 5.41) is 13.7. The molecule has 0 fully saturated rings. The van der Waals surface area contributed by atoms with Gasteiger partial charge in [0.2, 0.25) is 0 Å². The second kappa shape index (κ2) is 5.49. The predicted octanol–water partition coefficient (Wildman–Crippen LogP) is 2.99. The van der Waals surface area contributed by atoms with Crippen molar-refractivity contribution >= 4 is 11.6 Å². The van der Waals surface area contributed by atoms with Crippen molar-refractivity contribution in [1.29, 1.82) is 0 Å². The Kier molecular flexibility index (Phi) is 3.38. The van der Waals surface area contributed by atoms with E-state index in [9.17, 15) is 10.1 Å². The lowest BCUT2D eigenvalue weighted by molar-refractivity contribution is -0.402. The van der Waals surface area contributed by atoms with Crippen molar-refractivity contribution in [1.82, 2.24) is 9.55 Å². The highest BCUT2D eigenvalue weighted by Gasteiger charge is 2.11. The highest BCUT2D eigenvalue weighted by atomic mass is 16.6. The molecule has 1 aromatic carbocycles. The molecule has 0 aliphatic carbocycles. The summed E-state index contributed by atoms with van der Waals surface area (Å²) in [5.41, 5.74) is 1.86. The number of nitro groups is 1. The number of anilines is 1. The van der Waals surface area contributed by atoms with Gasteiger partial charge in [0.25, 0.3) is 0 Å². The van der Waals surface area contributed by atoms with Crippen LogP contribution in [0.3, 0.4) is 0 Å². The number of hydrogen-bond acceptors (Lipinski definition) is 5. The number of aromatic nitrogens is 2. The van der Waals surface area contributed by atoms with E-state index in [0.717, 1.165) is 11.4 Å². The van der Waals surface area contributed by atoms with Crippen molar-refractivity contribution in [3.63, 3.8) is 0 Å². The molecule has 0 atom stereocenters. The Bertz CT molecular complexity index is 749. The van der Waals surface area contributed by atoms with E-state index in [-0.39, 0.29) is 5.88 Å². The summed E-state index contributed by atoms with van der Waals surface area (Å²) < 4.78 is 6.98. The first-order valence-corrected chi connectivity index (χ1v) is 6.28. The van der Waals surface area contributed by atoms with Gasteiger partial charge in [-0.2, -0.15) is 0 Å². The fourth-order valence-corrected chi connectivity index (χ4v) is 1.94. The minimum Gasteiger partial charge on any atom is -0.404 e. The van der Waals surface area contributed by atoms with E-state index < -0.39 is 4.92 Å². The molecular weight excluding hydrogens is 272 g/mol. The van der Waals surface area contributed by atoms with Gasteiger partial charge in [0, 0.05) is 23.8 Å². The van der Waals surface area contributed by atoms with Gasteiger partial charge >= 0.3 is 5.88 Å². The molecule has 7 heteroatoms. The minimum atomic E-state index is -0.552. The van der Waals surface area contributed by atoms with Gasteiger partial charge in [-0.1, -0.05) is 6.07 Å². The first-order valence-electron chi connectivity index (χ1n) is 6.28. The number of rotatable bonds is 5. The van der Waals surface area contributed by atoms with Crippen LogP contribution in [0.4, 0.5) is 11.6 Å². The molecule has 21 heavy (non-hydrogen) atoms. The zero-order chi connectivity index (χ0) is 14.7. The predicted molar refractivity (Wildman–Crippen MR) is 76.3 cm³/mol. The Labute approximate surface area is 120 Å². The smallest absolute Gasteiger partial charge is 0.404 e. The van der Waals surface area contributed by atoms with E-state index in [0.29, 0.717) is 12.3 Å². The Morgan fingerprint density at radius 1 is 1.33 bits per heavy atom. The van der Waals surface area contributed by atoms with Gasteiger partial charge in [-0.25, -0.2) is 4.98 Å². The van der Waals surface area contributed by atoms with Gasteiger partial charge in [0.1, 0.15) is 10.7 Å². The summed E-state index contributed by atoms with van der Waals surface area (Å²) >= 11 is 0. The normalized spacial score (nSPS) is 10.5. The van der Waals surface area contributed by atoms with Crippen LogP contribution in [-0.4, -0.2) is 14.5 Å². The van der Waals surface area contributed by atoms with Gasteiger partial charge in [0.05, 0.1) is 18.9 Å². The van der Waals surface area contributed by atoms with Crippen molar-refractivity contribution in [2.24, 2.45) is 0 Å². The average molecular weight is 284 g/mol. The summed E-state index contributed by atoms with van der Waals surface area (Å²) in [6.07, 6.45) is 5.28. The maximum atomic E-state index is 10.5. The minimum absolute atomic E-state index is 0.251. The Morgan fingerprint density at radius 2 is 2.24 bits per heavy atom. The van der Waals surface area contributed by atoms with Crippen molar-refractivity contribution in [3.8, 4) is 5.69 Å². The molecule has 2 aromatic heterocycles. The van der Waals surface area contributed by atoms with E-state index in [4.69, 9.17) is 4.42 Å². The molecule has 7 nitrogen and oxygen atoms in total. The largest absolute Gasteiger partial charge is 0.433 e. The molecule has 1 N–H and O–H groups in total. The lowest BCUT2D eigenvalue weighted by atomic mass is 10.2. The van der Waals surface area contributed by atoms with Crippen molar-refractivity contribution < 1.29 is 9.34 Å². The van der Waals surface area contributed by atoms with E-state index >= 15 is 0 Å². The second-order valence-electron chi connectivity index (χ2n) is 4.37. The standard InChI is InChI=1S/C14H12N4O3/c19-18(20)14-5-4-13(21-14)9-16-11-2-1-3-12(8-11)17-7-6-15-10-17/h1-8,10,16H,9H2. The van der Waals surface area contributed by atoms with E-state index in [2.05, 4.69) is 10.3 Å². The molecule has 0 spiro atoms. The summed E-state index contributed by atoms with van der Waals surface area (Å²) in [4.78, 5) is 14.0. The third kappa shape index (κ3) is 2.92. The number of nitrogens with zero attached hydrogens (tertiary/aromatic N) is 3. The van der Waals surface area contributed by atoms with Crippen LogP contribution >= 0.6 is 0 Å². The maximum absolute atomic E-state index is 10.5. The number of hydrogen-bond donors (Lipinski definition) is 1. The highest BCUT2D eigenvalue weighted by Crippen LogP contribution is 2.18. The average Bonchev–Trinajstić information content (AvgIpc) is 3.17. The fraction of sp³-hybridized carbons (Fsp3) is 0.0714. The lowest BCUT2D eigenvalue weighted by Crippen LogP contribution is -1.99. The van der Waals surface area contributed by atoms with Crippen LogP contribution in [0, 0.1) is 10.1 Å². The maximum Gasteiger partial charge on any atom is 0.433 e. The monoisotopic (exact) mass is 284 g/mol. The van der Waals surface area contributed by atoms with Crippen LogP contribution in [0.5, 0.6) is 0 Å². The Balaban J connectivity index is 1.70. The van der Waals surface area contributed by atoms with Gasteiger partial charge in [-0.05, 0) is 24.3 Å². The molecule has 3 rings (SSSR count). The second-order valence-corrected chi connectivity index (χ2v) is 4.37. The number of imidazole rings is 1. The molecule has 0 saturated heterocycles. The summed E-state index contributed by atoms with van der Waals surface area (Å²) in [5.74, 6) is 0.258. The van der Waals surface area contributed by atoms with Gasteiger partial charge in [-0.15, -0.1) is 0 Å². The quantitative estimate of drug-likeness (QED) is 0.575. The summed E-state index contributed by atoms with van der Waals surface area (Å²) in [6.45, 7) is 0.376.